The summed E-state index contributed by atoms with van der Waals surface area (Å²) in [7, 11) is 2.15. The average Bonchev–Trinajstić information content (AvgIpc) is 3.17. The van der Waals surface area contributed by atoms with E-state index in [2.05, 4.69) is 36.3 Å². The highest BCUT2D eigenvalue weighted by atomic mass is 19.4. The van der Waals surface area contributed by atoms with E-state index < -0.39 is 17.4 Å². The molecule has 1 saturated heterocycles. The number of nitrogens with zero attached hydrogens (tertiary/aromatic N) is 1. The number of halogens is 4. The second-order valence-corrected chi connectivity index (χ2v) is 13.8. The van der Waals surface area contributed by atoms with Crippen molar-refractivity contribution in [1.29, 1.82) is 0 Å². The smallest absolute Gasteiger partial charge is 0.349 e. The third-order valence-corrected chi connectivity index (χ3v) is 9.77. The number of amides is 1. The highest BCUT2D eigenvalue weighted by Crippen LogP contribution is 2.40. The number of carbonyl (C=O) groups excluding carboxylic acids is 3. The Morgan fingerprint density at radius 3 is 1.79 bits per heavy atom. The highest BCUT2D eigenvalue weighted by molar-refractivity contribution is 5.95. The van der Waals surface area contributed by atoms with Crippen LogP contribution in [0.3, 0.4) is 0 Å². The van der Waals surface area contributed by atoms with Crippen molar-refractivity contribution in [2.75, 3.05) is 20.1 Å². The lowest BCUT2D eigenvalue weighted by atomic mass is 9.78. The van der Waals surface area contributed by atoms with Crippen molar-refractivity contribution in [2.24, 2.45) is 0 Å². The molecule has 0 spiro atoms. The van der Waals surface area contributed by atoms with E-state index in [-0.39, 0.29) is 8.76 Å². The van der Waals surface area contributed by atoms with Gasteiger partial charge in [0.05, 0.1) is 5.56 Å². The van der Waals surface area contributed by atoms with Gasteiger partial charge < -0.3 is 19.8 Å². The van der Waals surface area contributed by atoms with Crippen molar-refractivity contribution >= 4 is 25.1 Å². The Morgan fingerprint density at radius 1 is 0.769 bits per heavy atom. The summed E-state index contributed by atoms with van der Waals surface area (Å²) < 4.78 is 49.4. The van der Waals surface area contributed by atoms with Crippen molar-refractivity contribution in [1.82, 2.24) is 10.2 Å². The molecule has 0 bridgehead atoms. The molecule has 1 aliphatic heterocycles. The van der Waals surface area contributed by atoms with E-state index in [4.69, 9.17) is 9.59 Å². The zero-order chi connectivity index (χ0) is 38.9. The molecule has 1 N–H and O–H groups in total. The third kappa shape index (κ3) is 13.5. The van der Waals surface area contributed by atoms with Crippen LogP contribution >= 0.6 is 0 Å². The maximum atomic E-state index is 13.4. The van der Waals surface area contributed by atoms with Crippen molar-refractivity contribution < 1.29 is 34.8 Å². The van der Waals surface area contributed by atoms with Gasteiger partial charge in [-0.1, -0.05) is 61.9 Å². The molecule has 52 heavy (non-hydrogen) atoms. The maximum Gasteiger partial charge on any atom is 0.416 e. The van der Waals surface area contributed by atoms with Crippen LogP contribution in [0.1, 0.15) is 119 Å². The van der Waals surface area contributed by atoms with Crippen molar-refractivity contribution in [2.45, 2.75) is 110 Å². The minimum Gasteiger partial charge on any atom is -0.349 e. The predicted octanol–water partition coefficient (Wildman–Crippen LogP) is 10.6. The summed E-state index contributed by atoms with van der Waals surface area (Å²) in [5.41, 5.74) is 7.97. The van der Waals surface area contributed by atoms with Crippen LogP contribution in [-0.4, -0.2) is 50.6 Å². The van der Waals surface area contributed by atoms with E-state index in [0.29, 0.717) is 6.04 Å². The van der Waals surface area contributed by atoms with Crippen molar-refractivity contribution in [3.05, 3.63) is 111 Å². The third-order valence-electron chi connectivity index (χ3n) is 9.77. The number of rotatable bonds is 5. The van der Waals surface area contributed by atoms with Gasteiger partial charge in [0, 0.05) is 14.5 Å². The molecule has 1 fully saturated rings. The Morgan fingerprint density at radius 2 is 1.29 bits per heavy atom. The first-order valence-electron chi connectivity index (χ1n) is 18.1. The maximum absolute atomic E-state index is 13.4. The summed E-state index contributed by atoms with van der Waals surface area (Å²) in [6.07, 6.45) is 7.13. The Kier molecular flexibility index (Phi) is 18.1. The number of likely N-dealkylation sites (tertiary alicyclic amines) is 1. The van der Waals surface area contributed by atoms with Gasteiger partial charge in [0.25, 0.3) is 5.91 Å². The fraction of sp³-hybridized carbons (Fsp3) is 0.465. The molecular weight excluding hydrogens is 668 g/mol. The minimum atomic E-state index is -4.22. The van der Waals surface area contributed by atoms with Crippen molar-refractivity contribution in [3.8, 4) is 0 Å². The number of hydrogen-bond donors (Lipinski definition) is 1. The number of nitrogens with one attached hydrogen (secondary N) is 1. The van der Waals surface area contributed by atoms with E-state index >= 15 is 0 Å². The number of hydrogen-bond acceptors (Lipinski definition) is 4. The van der Waals surface area contributed by atoms with Gasteiger partial charge in [-0.05, 0) is 156 Å². The second-order valence-electron chi connectivity index (χ2n) is 13.8. The SMILES string of the molecule is C=O.C=O.CCc1ccc(C(C)(C)F)cc1.CCc1ccc(C(F)(F)F)cc1.CN1CCC(NC(=O)c2ccc3c(c2)C2=C(CCCC2)CC3)CC1.[HH].[HH]. The lowest BCUT2D eigenvalue weighted by Gasteiger charge is -2.30. The number of piperidine rings is 1. The van der Waals surface area contributed by atoms with Gasteiger partial charge in [-0.2, -0.15) is 13.2 Å². The lowest BCUT2D eigenvalue weighted by Crippen LogP contribution is -2.43. The topological polar surface area (TPSA) is 66.5 Å². The Hall–Kier alpha value is -4.11. The number of carbonyl (C=O) groups is 3. The van der Waals surface area contributed by atoms with E-state index in [1.165, 1.54) is 60.9 Å². The molecule has 0 radical (unpaired) electrons. The van der Waals surface area contributed by atoms with Crippen molar-refractivity contribution in [3.63, 3.8) is 0 Å². The molecule has 5 nitrogen and oxygen atoms in total. The zero-order valence-corrected chi connectivity index (χ0v) is 31.5. The molecular formula is C43H60F4N2O3. The number of fused-ring (bicyclic) bond motifs is 2. The molecule has 9 heteroatoms. The summed E-state index contributed by atoms with van der Waals surface area (Å²) >= 11 is 0. The molecule has 3 aromatic carbocycles. The van der Waals surface area contributed by atoms with Gasteiger partial charge in [-0.3, -0.25) is 4.79 Å². The van der Waals surface area contributed by atoms with Gasteiger partial charge in [-0.15, -0.1) is 0 Å². The molecule has 3 aliphatic rings. The van der Waals surface area contributed by atoms with Crippen LogP contribution in [0.4, 0.5) is 17.6 Å². The zero-order valence-electron chi connectivity index (χ0n) is 31.5. The quantitative estimate of drug-likeness (QED) is 0.266. The molecule has 288 valence electrons. The number of benzene rings is 3. The van der Waals surface area contributed by atoms with Crippen LogP contribution in [0.15, 0.2) is 72.3 Å². The van der Waals surface area contributed by atoms with Crippen LogP contribution in [0, 0.1) is 0 Å². The number of allylic oxidation sites excluding steroid dienone is 2. The van der Waals surface area contributed by atoms with E-state index in [0.717, 1.165) is 74.0 Å². The molecule has 3 aromatic rings. The second kappa shape index (κ2) is 21.4. The summed E-state index contributed by atoms with van der Waals surface area (Å²) in [6, 6.07) is 19.6. The molecule has 2 aliphatic carbocycles. The first-order valence-corrected chi connectivity index (χ1v) is 18.1. The fourth-order valence-electron chi connectivity index (χ4n) is 6.56. The summed E-state index contributed by atoms with van der Waals surface area (Å²) in [4.78, 5) is 31.0. The monoisotopic (exact) mass is 728 g/mol. The van der Waals surface area contributed by atoms with Crippen LogP contribution in [0.2, 0.25) is 0 Å². The predicted molar refractivity (Wildman–Crippen MR) is 207 cm³/mol. The molecule has 0 aromatic heterocycles. The summed E-state index contributed by atoms with van der Waals surface area (Å²) in [5, 5.41) is 3.25. The van der Waals surface area contributed by atoms with Gasteiger partial charge >= 0.3 is 6.18 Å². The van der Waals surface area contributed by atoms with Gasteiger partial charge in [0.2, 0.25) is 0 Å². The van der Waals surface area contributed by atoms with Crippen LogP contribution in [-0.2, 0) is 40.7 Å². The van der Waals surface area contributed by atoms with Gasteiger partial charge in [0.1, 0.15) is 19.2 Å². The van der Waals surface area contributed by atoms with E-state index in [9.17, 15) is 22.4 Å². The normalized spacial score (nSPS) is 15.7. The lowest BCUT2D eigenvalue weighted by molar-refractivity contribution is -0.137. The van der Waals surface area contributed by atoms with Gasteiger partial charge in [0.15, 0.2) is 0 Å². The largest absolute Gasteiger partial charge is 0.416 e. The van der Waals surface area contributed by atoms with E-state index in [1.807, 2.05) is 50.8 Å². The first kappa shape index (κ1) is 44.1. The molecule has 0 unspecified atom stereocenters. The molecule has 6 rings (SSSR count). The first-order chi connectivity index (χ1) is 24.8. The minimum absolute atomic E-state index is 0. The molecule has 1 heterocycles. The van der Waals surface area contributed by atoms with Crippen LogP contribution in [0.25, 0.3) is 5.57 Å². The summed E-state index contributed by atoms with van der Waals surface area (Å²) in [6.45, 7) is 13.3. The highest BCUT2D eigenvalue weighted by Gasteiger charge is 2.30. The number of aryl methyl sites for hydroxylation is 3. The Labute approximate surface area is 310 Å². The van der Waals surface area contributed by atoms with Crippen LogP contribution in [0.5, 0.6) is 0 Å². The molecule has 0 saturated carbocycles. The summed E-state index contributed by atoms with van der Waals surface area (Å²) in [5.74, 6) is 0.107. The van der Waals surface area contributed by atoms with E-state index in [1.54, 1.807) is 25.0 Å². The fourth-order valence-corrected chi connectivity index (χ4v) is 6.56. The van der Waals surface area contributed by atoms with Gasteiger partial charge in [-0.25, -0.2) is 4.39 Å². The molecule has 0 atom stereocenters. The average molecular weight is 729 g/mol. The standard InChI is InChI=1S/C21H28N2O.C11H15F.C9H9F3.2CH2O.2H2/c1-23-12-10-18(11-13-23)22-21(24)17-9-8-16-7-6-15-4-2-3-5-19(15)20(16)14-17;1-4-9-5-7-10(8-6-9)11(2,3)12;1-2-7-3-5-8(6-4-7)9(10,11)12;2*1-2;;/h8-9,14,18H,2-7,10-13H2,1H3,(H,22,24);5-8H,4H2,1-3H3;3-6H,2H2,1H3;2*1H2;2*1H. The van der Waals surface area contributed by atoms with Crippen LogP contribution < -0.4 is 5.32 Å². The Balaban J connectivity index is 0.000000800. The number of alkyl halides is 4. The molecule has 1 amide bonds. The Bertz CT molecular complexity index is 1510.